The number of nitrogens with zero attached hydrogens (tertiary/aromatic N) is 1. The Labute approximate surface area is 165 Å². The quantitative estimate of drug-likeness (QED) is 0.779. The van der Waals surface area contributed by atoms with Gasteiger partial charge in [0.25, 0.3) is 5.91 Å². The third kappa shape index (κ3) is 2.65. The summed E-state index contributed by atoms with van der Waals surface area (Å²) in [5, 5.41) is 12.9. The maximum Gasteiger partial charge on any atom is 0.258 e. The van der Waals surface area contributed by atoms with Crippen molar-refractivity contribution in [3.63, 3.8) is 0 Å². The molecular formula is C22H28N2O4. The van der Waals surface area contributed by atoms with E-state index in [4.69, 9.17) is 4.74 Å². The number of fused-ring (bicyclic) bond motifs is 3. The van der Waals surface area contributed by atoms with Crippen molar-refractivity contribution in [1.29, 1.82) is 0 Å². The number of hydrogen-bond donors (Lipinski definition) is 2. The molecule has 6 nitrogen and oxygen atoms in total. The Kier molecular flexibility index (Phi) is 3.99. The number of aliphatic hydroxyl groups excluding tert-OH is 1. The molecule has 0 radical (unpaired) electrons. The topological polar surface area (TPSA) is 78.9 Å². The van der Waals surface area contributed by atoms with Crippen LogP contribution in [0.2, 0.25) is 0 Å². The molecule has 5 aliphatic rings. The van der Waals surface area contributed by atoms with Crippen molar-refractivity contribution in [2.75, 3.05) is 13.1 Å². The Hall–Kier alpha value is -2.08. The number of para-hydroxylation sites is 1. The van der Waals surface area contributed by atoms with E-state index in [1.165, 1.54) is 0 Å². The minimum Gasteiger partial charge on any atom is -0.467 e. The third-order valence-electron chi connectivity index (χ3n) is 7.57. The molecule has 1 aromatic carbocycles. The Bertz CT molecular complexity index is 819. The highest BCUT2D eigenvalue weighted by molar-refractivity contribution is 5.98. The van der Waals surface area contributed by atoms with E-state index >= 15 is 0 Å². The summed E-state index contributed by atoms with van der Waals surface area (Å²) in [5.41, 5.74) is -0.311. The smallest absolute Gasteiger partial charge is 0.258 e. The summed E-state index contributed by atoms with van der Waals surface area (Å²) in [5.74, 6) is 0.887. The fourth-order valence-electron chi connectivity index (χ4n) is 5.94. The zero-order valence-electron chi connectivity index (χ0n) is 16.3. The molecule has 4 atom stereocenters. The van der Waals surface area contributed by atoms with Crippen LogP contribution < -0.4 is 10.1 Å². The molecule has 2 bridgehead atoms. The number of hydrogen-bond acceptors (Lipinski definition) is 4. The van der Waals surface area contributed by atoms with E-state index in [2.05, 4.69) is 12.2 Å². The first-order valence-corrected chi connectivity index (χ1v) is 10.5. The number of ether oxygens (including phenoxy) is 1. The maximum absolute atomic E-state index is 13.3. The molecule has 150 valence electrons. The van der Waals surface area contributed by atoms with Crippen LogP contribution in [-0.2, 0) is 4.79 Å². The first kappa shape index (κ1) is 18.0. The Morgan fingerprint density at radius 2 is 2.00 bits per heavy atom. The van der Waals surface area contributed by atoms with Gasteiger partial charge in [0, 0.05) is 31.3 Å². The molecule has 3 aliphatic carbocycles. The van der Waals surface area contributed by atoms with Crippen LogP contribution >= 0.6 is 0 Å². The average Bonchev–Trinajstić information content (AvgIpc) is 2.67. The number of piperidine rings is 1. The second-order valence-electron chi connectivity index (χ2n) is 9.35. The average molecular weight is 384 g/mol. The van der Waals surface area contributed by atoms with Crippen LogP contribution in [0, 0.1) is 17.3 Å². The molecular weight excluding hydrogens is 356 g/mol. The summed E-state index contributed by atoms with van der Waals surface area (Å²) in [6.45, 7) is 3.47. The zero-order chi connectivity index (χ0) is 19.5. The van der Waals surface area contributed by atoms with Crippen LogP contribution in [0.4, 0.5) is 0 Å². The van der Waals surface area contributed by atoms with Gasteiger partial charge in [-0.1, -0.05) is 19.1 Å². The van der Waals surface area contributed by atoms with Gasteiger partial charge in [0.2, 0.25) is 5.91 Å². The van der Waals surface area contributed by atoms with Crippen LogP contribution in [0.1, 0.15) is 55.8 Å². The van der Waals surface area contributed by atoms with Crippen molar-refractivity contribution in [1.82, 2.24) is 10.2 Å². The SMILES string of the molecule is C[C@@]12CC[C@@H](C[C@@H]1C(=O)N1CCC(O)CC1)[C@]1(C2)NC(=O)c2ccccc2O1. The summed E-state index contributed by atoms with van der Waals surface area (Å²) in [4.78, 5) is 28.0. The van der Waals surface area contributed by atoms with Gasteiger partial charge in [0.05, 0.1) is 11.7 Å². The fraction of sp³-hybridized carbons (Fsp3) is 0.636. The highest BCUT2D eigenvalue weighted by Gasteiger charge is 2.62. The fourth-order valence-corrected chi connectivity index (χ4v) is 5.94. The summed E-state index contributed by atoms with van der Waals surface area (Å²) in [6, 6.07) is 7.39. The van der Waals surface area contributed by atoms with Crippen LogP contribution in [0.25, 0.3) is 0 Å². The lowest BCUT2D eigenvalue weighted by atomic mass is 9.52. The Balaban J connectivity index is 1.40. The highest BCUT2D eigenvalue weighted by Crippen LogP contribution is 2.59. The molecule has 1 aromatic rings. The monoisotopic (exact) mass is 384 g/mol. The van der Waals surface area contributed by atoms with E-state index in [0.29, 0.717) is 43.7 Å². The molecule has 2 heterocycles. The van der Waals surface area contributed by atoms with Crippen LogP contribution in [0.15, 0.2) is 24.3 Å². The van der Waals surface area contributed by atoms with E-state index < -0.39 is 5.72 Å². The van der Waals surface area contributed by atoms with E-state index in [9.17, 15) is 14.7 Å². The second kappa shape index (κ2) is 6.21. The van der Waals surface area contributed by atoms with Crippen molar-refractivity contribution in [2.45, 2.75) is 57.3 Å². The van der Waals surface area contributed by atoms with Gasteiger partial charge >= 0.3 is 0 Å². The number of benzene rings is 1. The molecule has 1 spiro atoms. The molecule has 2 amide bonds. The van der Waals surface area contributed by atoms with E-state index in [-0.39, 0.29) is 35.2 Å². The number of carbonyl (C=O) groups excluding carboxylic acids is 2. The van der Waals surface area contributed by atoms with Gasteiger partial charge in [-0.05, 0) is 49.7 Å². The maximum atomic E-state index is 13.3. The molecule has 3 saturated carbocycles. The van der Waals surface area contributed by atoms with Gasteiger partial charge in [0.1, 0.15) is 5.75 Å². The molecule has 28 heavy (non-hydrogen) atoms. The summed E-state index contributed by atoms with van der Waals surface area (Å²) in [6.07, 6.45) is 4.40. The Morgan fingerprint density at radius 3 is 2.75 bits per heavy atom. The van der Waals surface area contributed by atoms with E-state index in [0.717, 1.165) is 19.3 Å². The van der Waals surface area contributed by atoms with Crippen molar-refractivity contribution < 1.29 is 19.4 Å². The van der Waals surface area contributed by atoms with Crippen molar-refractivity contribution in [3.05, 3.63) is 29.8 Å². The highest BCUT2D eigenvalue weighted by atomic mass is 16.5. The predicted molar refractivity (Wildman–Crippen MR) is 103 cm³/mol. The Morgan fingerprint density at radius 1 is 1.25 bits per heavy atom. The van der Waals surface area contributed by atoms with Gasteiger partial charge in [0.15, 0.2) is 5.72 Å². The minimum atomic E-state index is -0.701. The summed E-state index contributed by atoms with van der Waals surface area (Å²) < 4.78 is 6.43. The lowest BCUT2D eigenvalue weighted by Crippen LogP contribution is -2.69. The molecule has 4 fully saturated rings. The first-order chi connectivity index (χ1) is 13.4. The van der Waals surface area contributed by atoms with E-state index in [1.807, 2.05) is 23.1 Å². The second-order valence-corrected chi connectivity index (χ2v) is 9.35. The van der Waals surface area contributed by atoms with Gasteiger partial charge in [-0.25, -0.2) is 0 Å². The van der Waals surface area contributed by atoms with E-state index in [1.54, 1.807) is 6.07 Å². The largest absolute Gasteiger partial charge is 0.467 e. The molecule has 1 saturated heterocycles. The van der Waals surface area contributed by atoms with Crippen molar-refractivity contribution >= 4 is 11.8 Å². The lowest BCUT2D eigenvalue weighted by molar-refractivity contribution is -0.175. The molecule has 0 unspecified atom stereocenters. The van der Waals surface area contributed by atoms with Crippen LogP contribution in [-0.4, -0.2) is 46.7 Å². The van der Waals surface area contributed by atoms with Gasteiger partial charge in [-0.3, -0.25) is 9.59 Å². The normalized spacial score (nSPS) is 37.4. The molecule has 6 rings (SSSR count). The number of amides is 2. The lowest BCUT2D eigenvalue weighted by Gasteiger charge is -2.60. The molecule has 0 aromatic heterocycles. The number of rotatable bonds is 1. The number of likely N-dealkylation sites (tertiary alicyclic amines) is 1. The molecule has 2 aliphatic heterocycles. The molecule has 2 N–H and O–H groups in total. The number of carbonyl (C=O) groups is 2. The number of nitrogens with one attached hydrogen (secondary N) is 1. The summed E-state index contributed by atoms with van der Waals surface area (Å²) in [7, 11) is 0. The number of aliphatic hydroxyl groups is 1. The third-order valence-corrected chi connectivity index (χ3v) is 7.57. The van der Waals surface area contributed by atoms with Crippen molar-refractivity contribution in [3.8, 4) is 5.75 Å². The minimum absolute atomic E-state index is 0.0372. The van der Waals surface area contributed by atoms with Gasteiger partial charge in [-0.15, -0.1) is 0 Å². The van der Waals surface area contributed by atoms with Crippen LogP contribution in [0.5, 0.6) is 5.75 Å². The van der Waals surface area contributed by atoms with Gasteiger partial charge < -0.3 is 20.1 Å². The zero-order valence-corrected chi connectivity index (χ0v) is 16.3. The predicted octanol–water partition coefficient (Wildman–Crippen LogP) is 2.31. The summed E-state index contributed by atoms with van der Waals surface area (Å²) >= 11 is 0. The van der Waals surface area contributed by atoms with Crippen molar-refractivity contribution in [2.24, 2.45) is 17.3 Å². The first-order valence-electron chi connectivity index (χ1n) is 10.5. The van der Waals surface area contributed by atoms with Gasteiger partial charge in [-0.2, -0.15) is 0 Å². The van der Waals surface area contributed by atoms with Crippen LogP contribution in [0.3, 0.4) is 0 Å². The standard InChI is InChI=1S/C22H28N2O4/c1-21-9-6-14(12-17(21)20(27)24-10-7-15(25)8-11-24)22(13-21)23-19(26)16-4-2-3-5-18(16)28-22/h2-5,14-15,17,25H,6-13H2,1H3,(H,23,26)/t14-,17+,21-,22+/m0/s1. The molecule has 6 heteroatoms.